The first-order chi connectivity index (χ1) is 16.8. The van der Waals surface area contributed by atoms with Crippen LogP contribution in [0.25, 0.3) is 0 Å². The summed E-state index contributed by atoms with van der Waals surface area (Å²) in [5.41, 5.74) is 0.655. The second-order valence-electron chi connectivity index (χ2n) is 7.50. The number of nitrogens with zero attached hydrogens (tertiary/aromatic N) is 2. The molecule has 2 aromatic carbocycles. The van der Waals surface area contributed by atoms with Crippen LogP contribution in [0.1, 0.15) is 26.3 Å². The van der Waals surface area contributed by atoms with Crippen LogP contribution in [-0.4, -0.2) is 48.0 Å². The van der Waals surface area contributed by atoms with Crippen molar-refractivity contribution in [3.63, 3.8) is 0 Å². The van der Waals surface area contributed by atoms with Crippen molar-refractivity contribution < 1.29 is 33.8 Å². The largest absolute Gasteiger partial charge is 0.504 e. The van der Waals surface area contributed by atoms with Gasteiger partial charge in [0.2, 0.25) is 0 Å². The Morgan fingerprint density at radius 3 is 2.20 bits per heavy atom. The van der Waals surface area contributed by atoms with Gasteiger partial charge in [-0.25, -0.2) is 9.59 Å². The fourth-order valence-electron chi connectivity index (χ4n) is 3.83. The van der Waals surface area contributed by atoms with Gasteiger partial charge in [-0.05, 0) is 42.0 Å². The van der Waals surface area contributed by atoms with Crippen LogP contribution >= 0.6 is 11.6 Å². The van der Waals surface area contributed by atoms with E-state index in [1.54, 1.807) is 24.3 Å². The van der Waals surface area contributed by atoms with Crippen LogP contribution in [0, 0.1) is 0 Å². The summed E-state index contributed by atoms with van der Waals surface area (Å²) in [7, 11) is 2.31. The number of phenols is 1. The first-order valence-corrected chi connectivity index (χ1v) is 10.7. The van der Waals surface area contributed by atoms with E-state index in [1.165, 1.54) is 41.5 Å². The maximum atomic E-state index is 12.8. The molecule has 0 spiro atoms. The molecule has 1 N–H and O–H groups in total. The average Bonchev–Trinajstić information content (AvgIpc) is 3.00. The van der Waals surface area contributed by atoms with Gasteiger partial charge in [0.15, 0.2) is 5.75 Å². The molecule has 2 aliphatic heterocycles. The summed E-state index contributed by atoms with van der Waals surface area (Å²) < 4.78 is 9.66. The highest BCUT2D eigenvalue weighted by Crippen LogP contribution is 2.40. The van der Waals surface area contributed by atoms with E-state index in [1.807, 2.05) is 0 Å². The molecule has 0 fully saturated rings. The first kappa shape index (κ1) is 23.8. The van der Waals surface area contributed by atoms with Gasteiger partial charge in [-0.3, -0.25) is 14.5 Å². The molecule has 10 heteroatoms. The van der Waals surface area contributed by atoms with Crippen LogP contribution in [0.15, 0.2) is 72.1 Å². The zero-order valence-electron chi connectivity index (χ0n) is 18.6. The second kappa shape index (κ2) is 9.47. The third-order valence-corrected chi connectivity index (χ3v) is 5.76. The molecule has 0 unspecified atom stereocenters. The number of esters is 2. The molecular formula is C25H19ClN2O7. The third-order valence-electron chi connectivity index (χ3n) is 5.47. The van der Waals surface area contributed by atoms with Crippen LogP contribution in [-0.2, 0) is 25.6 Å². The van der Waals surface area contributed by atoms with Crippen molar-refractivity contribution in [2.75, 3.05) is 19.1 Å². The SMILES string of the molecule is COC(=O)C1=C(C(=O)OC)N(c2cc(CN3C(=O)c4ccccc4C3=O)cc(Cl)c2O)C=CC=C1. The number of methoxy groups -OCH3 is 2. The zero-order chi connectivity index (χ0) is 25.3. The lowest BCUT2D eigenvalue weighted by atomic mass is 10.1. The van der Waals surface area contributed by atoms with E-state index in [0.29, 0.717) is 16.7 Å². The summed E-state index contributed by atoms with van der Waals surface area (Å²) in [5.74, 6) is -2.99. The topological polar surface area (TPSA) is 113 Å². The number of amides is 2. The zero-order valence-corrected chi connectivity index (χ0v) is 19.4. The normalized spacial score (nSPS) is 14.8. The smallest absolute Gasteiger partial charge is 0.355 e. The molecule has 0 atom stereocenters. The fraction of sp³-hybridized carbons (Fsp3) is 0.120. The number of fused-ring (bicyclic) bond motifs is 1. The predicted octanol–water partition coefficient (Wildman–Crippen LogP) is 3.33. The monoisotopic (exact) mass is 494 g/mol. The summed E-state index contributed by atoms with van der Waals surface area (Å²) in [6.45, 7) is -0.143. The highest BCUT2D eigenvalue weighted by molar-refractivity contribution is 6.32. The molecule has 2 amide bonds. The fourth-order valence-corrected chi connectivity index (χ4v) is 4.07. The standard InChI is InChI=1S/C25H19ClN2O7/c1-34-24(32)17-9-5-6-10-27(20(17)25(33)35-2)19-12-14(11-18(26)21(19)29)13-28-22(30)15-7-3-4-8-16(15)23(28)31/h3-12,29H,13H2,1-2H3. The number of benzene rings is 2. The van der Waals surface area contributed by atoms with Crippen molar-refractivity contribution in [3.05, 3.63) is 93.8 Å². The van der Waals surface area contributed by atoms with Gasteiger partial charge in [-0.2, -0.15) is 0 Å². The quantitative estimate of drug-likeness (QED) is 0.497. The van der Waals surface area contributed by atoms with E-state index in [-0.39, 0.29) is 28.5 Å². The lowest BCUT2D eigenvalue weighted by Gasteiger charge is -2.25. The molecule has 35 heavy (non-hydrogen) atoms. The van der Waals surface area contributed by atoms with Crippen LogP contribution < -0.4 is 4.90 Å². The van der Waals surface area contributed by atoms with Gasteiger partial charge in [0, 0.05) is 6.20 Å². The molecule has 0 bridgehead atoms. The summed E-state index contributed by atoms with van der Waals surface area (Å²) in [4.78, 5) is 53.0. The van der Waals surface area contributed by atoms with Crippen LogP contribution in [0.2, 0.25) is 5.02 Å². The Kier molecular flexibility index (Phi) is 6.44. The first-order valence-electron chi connectivity index (χ1n) is 10.3. The van der Waals surface area contributed by atoms with Crippen LogP contribution in [0.5, 0.6) is 5.75 Å². The van der Waals surface area contributed by atoms with Crippen molar-refractivity contribution in [2.24, 2.45) is 0 Å². The van der Waals surface area contributed by atoms with E-state index >= 15 is 0 Å². The lowest BCUT2D eigenvalue weighted by Crippen LogP contribution is -2.29. The van der Waals surface area contributed by atoms with Crippen molar-refractivity contribution in [3.8, 4) is 5.75 Å². The van der Waals surface area contributed by atoms with Gasteiger partial charge in [0.1, 0.15) is 5.70 Å². The Hall–Kier alpha value is -4.37. The van der Waals surface area contributed by atoms with E-state index in [0.717, 1.165) is 19.1 Å². The van der Waals surface area contributed by atoms with E-state index in [9.17, 15) is 24.3 Å². The van der Waals surface area contributed by atoms with Gasteiger partial charge in [-0.15, -0.1) is 0 Å². The molecule has 4 rings (SSSR count). The summed E-state index contributed by atoms with van der Waals surface area (Å²) in [5, 5.41) is 10.7. The van der Waals surface area contributed by atoms with Gasteiger partial charge in [-0.1, -0.05) is 29.8 Å². The minimum Gasteiger partial charge on any atom is -0.504 e. The van der Waals surface area contributed by atoms with Crippen molar-refractivity contribution in [2.45, 2.75) is 6.54 Å². The molecule has 9 nitrogen and oxygen atoms in total. The molecule has 178 valence electrons. The number of phenolic OH excluding ortho intramolecular Hbond substituents is 1. The van der Waals surface area contributed by atoms with Gasteiger partial charge < -0.3 is 19.5 Å². The Bertz CT molecular complexity index is 1320. The maximum absolute atomic E-state index is 12.8. The molecule has 0 aromatic heterocycles. The number of rotatable bonds is 5. The number of allylic oxidation sites excluding steroid dienone is 2. The molecule has 0 saturated carbocycles. The highest BCUT2D eigenvalue weighted by Gasteiger charge is 2.36. The van der Waals surface area contributed by atoms with E-state index in [2.05, 4.69) is 0 Å². The Balaban J connectivity index is 1.79. The van der Waals surface area contributed by atoms with Gasteiger partial charge in [0.05, 0.1) is 48.2 Å². The predicted molar refractivity (Wildman–Crippen MR) is 126 cm³/mol. The maximum Gasteiger partial charge on any atom is 0.355 e. The Morgan fingerprint density at radius 2 is 1.60 bits per heavy atom. The number of carbonyl (C=O) groups is 4. The molecule has 2 aliphatic rings. The van der Waals surface area contributed by atoms with Crippen molar-refractivity contribution in [1.29, 1.82) is 0 Å². The number of carbonyl (C=O) groups excluding carboxylic acids is 4. The van der Waals surface area contributed by atoms with E-state index in [4.69, 9.17) is 21.1 Å². The molecular weight excluding hydrogens is 476 g/mol. The number of hydrogen-bond donors (Lipinski definition) is 1. The molecule has 0 saturated heterocycles. The Morgan fingerprint density at radius 1 is 0.971 bits per heavy atom. The van der Waals surface area contributed by atoms with Gasteiger partial charge in [0.25, 0.3) is 11.8 Å². The third kappa shape index (κ3) is 4.17. The van der Waals surface area contributed by atoms with Crippen LogP contribution in [0.3, 0.4) is 0 Å². The number of anilines is 1. The molecule has 0 radical (unpaired) electrons. The molecule has 0 aliphatic carbocycles. The number of aromatic hydroxyl groups is 1. The highest BCUT2D eigenvalue weighted by atomic mass is 35.5. The van der Waals surface area contributed by atoms with Crippen molar-refractivity contribution in [1.82, 2.24) is 4.90 Å². The lowest BCUT2D eigenvalue weighted by molar-refractivity contribution is -0.139. The van der Waals surface area contributed by atoms with Crippen molar-refractivity contribution >= 4 is 41.0 Å². The Labute approximate surface area is 205 Å². The number of imide groups is 1. The second-order valence-corrected chi connectivity index (χ2v) is 7.91. The summed E-state index contributed by atoms with van der Waals surface area (Å²) in [6.07, 6.45) is 5.84. The average molecular weight is 495 g/mol. The summed E-state index contributed by atoms with van der Waals surface area (Å²) >= 11 is 6.29. The molecule has 2 aromatic rings. The minimum absolute atomic E-state index is 0.0193. The molecule has 2 heterocycles. The number of hydrogen-bond acceptors (Lipinski definition) is 8. The summed E-state index contributed by atoms with van der Waals surface area (Å²) in [6, 6.07) is 9.35. The van der Waals surface area contributed by atoms with Gasteiger partial charge >= 0.3 is 11.9 Å². The van der Waals surface area contributed by atoms with E-state index < -0.39 is 29.5 Å². The minimum atomic E-state index is -0.872. The number of ether oxygens (including phenoxy) is 2. The van der Waals surface area contributed by atoms with Crippen LogP contribution in [0.4, 0.5) is 5.69 Å². The number of halogens is 1.